The first-order chi connectivity index (χ1) is 12.9. The maximum absolute atomic E-state index is 12.9. The van der Waals surface area contributed by atoms with Crippen LogP contribution >= 0.6 is 0 Å². The fourth-order valence-electron chi connectivity index (χ4n) is 3.04. The van der Waals surface area contributed by atoms with E-state index in [1.807, 2.05) is 38.1 Å². The van der Waals surface area contributed by atoms with Gasteiger partial charge in [0.25, 0.3) is 5.91 Å². The number of hydrogen-bond donors (Lipinski definition) is 1. The first-order valence-electron chi connectivity index (χ1n) is 8.92. The van der Waals surface area contributed by atoms with Crippen LogP contribution in [0.4, 0.5) is 0 Å². The number of sulfonamides is 1. The molecule has 1 aliphatic heterocycles. The van der Waals surface area contributed by atoms with Gasteiger partial charge < -0.3 is 10.1 Å². The zero-order valence-corrected chi connectivity index (χ0v) is 16.3. The predicted octanol–water partition coefficient (Wildman–Crippen LogP) is 2.33. The maximum Gasteiger partial charge on any atom is 0.251 e. The molecule has 6 nitrogen and oxygen atoms in total. The van der Waals surface area contributed by atoms with Crippen molar-refractivity contribution in [3.8, 4) is 0 Å². The van der Waals surface area contributed by atoms with E-state index in [1.54, 1.807) is 12.1 Å². The lowest BCUT2D eigenvalue weighted by atomic mass is 10.1. The number of ether oxygens (including phenoxy) is 1. The summed E-state index contributed by atoms with van der Waals surface area (Å²) in [5.74, 6) is -0.300. The van der Waals surface area contributed by atoms with Crippen LogP contribution in [-0.2, 0) is 21.3 Å². The second-order valence-corrected chi connectivity index (χ2v) is 8.62. The molecule has 1 fully saturated rings. The van der Waals surface area contributed by atoms with Gasteiger partial charge in [-0.1, -0.05) is 30.3 Å². The number of aryl methyl sites for hydroxylation is 1. The van der Waals surface area contributed by atoms with E-state index in [0.29, 0.717) is 31.8 Å². The number of carbonyl (C=O) groups excluding carboxylic acids is 1. The van der Waals surface area contributed by atoms with Gasteiger partial charge in [-0.15, -0.1) is 0 Å². The average molecular weight is 388 g/mol. The molecule has 0 bridgehead atoms. The summed E-state index contributed by atoms with van der Waals surface area (Å²) in [6.07, 6.45) is -0.144. The number of amides is 1. The van der Waals surface area contributed by atoms with Crippen molar-refractivity contribution in [2.45, 2.75) is 31.4 Å². The van der Waals surface area contributed by atoms with Crippen LogP contribution < -0.4 is 5.32 Å². The highest BCUT2D eigenvalue weighted by Crippen LogP contribution is 2.20. The Morgan fingerprint density at radius 3 is 2.74 bits per heavy atom. The zero-order valence-electron chi connectivity index (χ0n) is 15.5. The number of benzene rings is 2. The van der Waals surface area contributed by atoms with Crippen LogP contribution in [-0.4, -0.2) is 44.4 Å². The van der Waals surface area contributed by atoms with Gasteiger partial charge >= 0.3 is 0 Å². The van der Waals surface area contributed by atoms with Gasteiger partial charge in [0.15, 0.2) is 0 Å². The minimum atomic E-state index is -3.65. The standard InChI is InChI=1S/C20H24N2O4S/c1-15-6-3-4-7-18(15)13-21-20(23)17-8-5-9-19(12-17)27(24,25)22-10-11-26-16(2)14-22/h3-9,12,16H,10-11,13-14H2,1-2H3,(H,21,23). The monoisotopic (exact) mass is 388 g/mol. The van der Waals surface area contributed by atoms with Gasteiger partial charge in [-0.25, -0.2) is 8.42 Å². The van der Waals surface area contributed by atoms with Crippen molar-refractivity contribution in [3.63, 3.8) is 0 Å². The molecule has 0 aliphatic carbocycles. The van der Waals surface area contributed by atoms with Crippen LogP contribution in [0.15, 0.2) is 53.4 Å². The molecule has 1 aliphatic rings. The Labute approximate surface area is 160 Å². The molecule has 1 heterocycles. The lowest BCUT2D eigenvalue weighted by Gasteiger charge is -2.30. The third kappa shape index (κ3) is 4.55. The van der Waals surface area contributed by atoms with Gasteiger partial charge in [-0.05, 0) is 43.2 Å². The first-order valence-corrected chi connectivity index (χ1v) is 10.4. The first kappa shape index (κ1) is 19.5. The summed E-state index contributed by atoms with van der Waals surface area (Å²) in [4.78, 5) is 12.6. The fourth-order valence-corrected chi connectivity index (χ4v) is 4.58. The summed E-state index contributed by atoms with van der Waals surface area (Å²) < 4.78 is 32.6. The van der Waals surface area contributed by atoms with Crippen LogP contribution in [0.2, 0.25) is 0 Å². The van der Waals surface area contributed by atoms with E-state index in [4.69, 9.17) is 4.74 Å². The van der Waals surface area contributed by atoms with Crippen molar-refractivity contribution >= 4 is 15.9 Å². The Bertz CT molecular complexity index is 927. The van der Waals surface area contributed by atoms with Crippen LogP contribution in [0.5, 0.6) is 0 Å². The second-order valence-electron chi connectivity index (χ2n) is 6.68. The largest absolute Gasteiger partial charge is 0.376 e. The SMILES string of the molecule is Cc1ccccc1CNC(=O)c1cccc(S(=O)(=O)N2CCOC(C)C2)c1. The molecule has 0 aromatic heterocycles. The highest BCUT2D eigenvalue weighted by Gasteiger charge is 2.29. The van der Waals surface area contributed by atoms with Crippen LogP contribution in [0, 0.1) is 6.92 Å². The summed E-state index contributed by atoms with van der Waals surface area (Å²) in [6.45, 7) is 5.22. The highest BCUT2D eigenvalue weighted by atomic mass is 32.2. The Balaban J connectivity index is 1.74. The van der Waals surface area contributed by atoms with E-state index in [2.05, 4.69) is 5.32 Å². The van der Waals surface area contributed by atoms with E-state index < -0.39 is 10.0 Å². The lowest BCUT2D eigenvalue weighted by molar-refractivity contribution is 0.0102. The molecule has 3 rings (SSSR count). The van der Waals surface area contributed by atoms with Gasteiger partial charge in [0, 0.05) is 25.2 Å². The molecule has 144 valence electrons. The summed E-state index contributed by atoms with van der Waals surface area (Å²) >= 11 is 0. The molecule has 2 aromatic carbocycles. The van der Waals surface area contributed by atoms with Crippen molar-refractivity contribution in [3.05, 3.63) is 65.2 Å². The van der Waals surface area contributed by atoms with Gasteiger partial charge in [-0.2, -0.15) is 4.31 Å². The topological polar surface area (TPSA) is 75.7 Å². The average Bonchev–Trinajstić information content (AvgIpc) is 2.67. The van der Waals surface area contributed by atoms with Gasteiger partial charge in [-0.3, -0.25) is 4.79 Å². The normalized spacial score (nSPS) is 18.2. The van der Waals surface area contributed by atoms with Crippen molar-refractivity contribution < 1.29 is 17.9 Å². The third-order valence-corrected chi connectivity index (χ3v) is 6.50. The molecule has 0 saturated carbocycles. The number of rotatable bonds is 5. The van der Waals surface area contributed by atoms with Gasteiger partial charge in [0.1, 0.15) is 0 Å². The summed E-state index contributed by atoms with van der Waals surface area (Å²) in [6, 6.07) is 14.0. The highest BCUT2D eigenvalue weighted by molar-refractivity contribution is 7.89. The Morgan fingerprint density at radius 1 is 1.22 bits per heavy atom. The smallest absolute Gasteiger partial charge is 0.251 e. The minimum Gasteiger partial charge on any atom is -0.376 e. The number of carbonyl (C=O) groups is 1. The molecule has 1 saturated heterocycles. The number of hydrogen-bond acceptors (Lipinski definition) is 4. The minimum absolute atomic E-state index is 0.125. The van der Waals surface area contributed by atoms with Gasteiger partial charge in [0.05, 0.1) is 17.6 Å². The Kier molecular flexibility index (Phi) is 5.94. The van der Waals surface area contributed by atoms with Crippen LogP contribution in [0.3, 0.4) is 0 Å². The number of nitrogens with one attached hydrogen (secondary N) is 1. The molecule has 0 radical (unpaired) electrons. The number of morpholine rings is 1. The molecule has 1 atom stereocenters. The van der Waals surface area contributed by atoms with Crippen molar-refractivity contribution in [1.29, 1.82) is 0 Å². The molecule has 2 aromatic rings. The second kappa shape index (κ2) is 8.21. The number of nitrogens with zero attached hydrogens (tertiary/aromatic N) is 1. The van der Waals surface area contributed by atoms with Gasteiger partial charge in [0.2, 0.25) is 10.0 Å². The van der Waals surface area contributed by atoms with E-state index in [9.17, 15) is 13.2 Å². The summed E-state index contributed by atoms with van der Waals surface area (Å²) in [7, 11) is -3.65. The molecular formula is C20H24N2O4S. The molecule has 7 heteroatoms. The molecule has 1 N–H and O–H groups in total. The molecule has 1 unspecified atom stereocenters. The Morgan fingerprint density at radius 2 is 2.00 bits per heavy atom. The van der Waals surface area contributed by atoms with E-state index in [1.165, 1.54) is 16.4 Å². The van der Waals surface area contributed by atoms with E-state index in [-0.39, 0.29) is 16.9 Å². The molecule has 27 heavy (non-hydrogen) atoms. The van der Waals surface area contributed by atoms with E-state index >= 15 is 0 Å². The summed E-state index contributed by atoms with van der Waals surface area (Å²) in [5.41, 5.74) is 2.44. The van der Waals surface area contributed by atoms with Crippen molar-refractivity contribution in [1.82, 2.24) is 9.62 Å². The van der Waals surface area contributed by atoms with Crippen LogP contribution in [0.25, 0.3) is 0 Å². The molecular weight excluding hydrogens is 364 g/mol. The summed E-state index contributed by atoms with van der Waals surface area (Å²) in [5, 5.41) is 2.85. The van der Waals surface area contributed by atoms with Crippen molar-refractivity contribution in [2.75, 3.05) is 19.7 Å². The van der Waals surface area contributed by atoms with Crippen molar-refractivity contribution in [2.24, 2.45) is 0 Å². The fraction of sp³-hybridized carbons (Fsp3) is 0.350. The van der Waals surface area contributed by atoms with E-state index in [0.717, 1.165) is 11.1 Å². The Hall–Kier alpha value is -2.22. The molecule has 1 amide bonds. The molecule has 0 spiro atoms. The third-order valence-electron chi connectivity index (χ3n) is 4.64. The van der Waals surface area contributed by atoms with Crippen LogP contribution in [0.1, 0.15) is 28.4 Å². The maximum atomic E-state index is 12.9. The predicted molar refractivity (Wildman–Crippen MR) is 103 cm³/mol. The zero-order chi connectivity index (χ0) is 19.4. The lowest BCUT2D eigenvalue weighted by Crippen LogP contribution is -2.44. The quantitative estimate of drug-likeness (QED) is 0.853.